The van der Waals surface area contributed by atoms with Crippen LogP contribution >= 0.6 is 11.1 Å². The molecule has 0 aromatic rings. The normalized spacial score (nSPS) is 14.4. The lowest BCUT2D eigenvalue weighted by Gasteiger charge is -1.96. The maximum absolute atomic E-state index is 9.56. The van der Waals surface area contributed by atoms with Crippen LogP contribution in [-0.4, -0.2) is 19.9 Å². The van der Waals surface area contributed by atoms with E-state index in [1.807, 2.05) is 0 Å². The van der Waals surface area contributed by atoms with E-state index in [0.29, 0.717) is 0 Å². The van der Waals surface area contributed by atoms with Gasteiger partial charge in [0, 0.05) is 0 Å². The van der Waals surface area contributed by atoms with Gasteiger partial charge in [0.2, 0.25) is 12.2 Å². The second kappa shape index (κ2) is 3.32. The summed E-state index contributed by atoms with van der Waals surface area (Å²) in [5.74, 6) is 0. The first-order chi connectivity index (χ1) is 4.12. The molecule has 0 saturated carbocycles. The van der Waals surface area contributed by atoms with Crippen molar-refractivity contribution in [2.45, 2.75) is 6.55 Å². The van der Waals surface area contributed by atoms with Crippen LogP contribution < -0.4 is 0 Å². The van der Waals surface area contributed by atoms with Gasteiger partial charge in [-0.15, -0.1) is 11.1 Å². The zero-order chi connectivity index (χ0) is 7.33. The van der Waals surface area contributed by atoms with Crippen LogP contribution in [0, 0.1) is 0 Å². The van der Waals surface area contributed by atoms with Crippen molar-refractivity contribution in [2.24, 2.45) is 9.32 Å². The molecule has 0 rings (SSSR count). The predicted octanol–water partition coefficient (Wildman–Crippen LogP) is 0.465. The fourth-order valence-corrected chi connectivity index (χ4v) is 0.782. The van der Waals surface area contributed by atoms with Crippen LogP contribution in [0.5, 0.6) is 0 Å². The van der Waals surface area contributed by atoms with Crippen molar-refractivity contribution in [3.05, 3.63) is 0 Å². The minimum atomic E-state index is -2.83. The molecule has 0 spiro atoms. The highest BCUT2D eigenvalue weighted by atomic mass is 35.6. The number of nitrogens with zero attached hydrogens (tertiary/aromatic N) is 2. The van der Waals surface area contributed by atoms with Gasteiger partial charge in [-0.2, -0.15) is 0 Å². The van der Waals surface area contributed by atoms with Crippen LogP contribution in [-0.2, 0) is 9.59 Å². The van der Waals surface area contributed by atoms with Crippen LogP contribution in [0.1, 0.15) is 0 Å². The smallest absolute Gasteiger partial charge is 0.212 e. The molecule has 0 bridgehead atoms. The van der Waals surface area contributed by atoms with Gasteiger partial charge in [0.25, 0.3) is 0 Å². The molecule has 0 atom stereocenters. The lowest BCUT2D eigenvalue weighted by molar-refractivity contribution is 0.565. The van der Waals surface area contributed by atoms with Crippen molar-refractivity contribution in [1.82, 2.24) is 0 Å². The van der Waals surface area contributed by atoms with E-state index in [9.17, 15) is 9.59 Å². The van der Waals surface area contributed by atoms with Crippen LogP contribution in [0.3, 0.4) is 0 Å². The fourth-order valence-electron chi connectivity index (χ4n) is 0.192. The first kappa shape index (κ1) is 8.27. The first-order valence-corrected chi connectivity index (χ1v) is 5.40. The third-order valence-corrected chi connectivity index (χ3v) is 2.01. The SMILES string of the molecule is C[Si](Cl)(N=C=O)N=C=O. The molecular formula is C3H3ClN2O2Si. The Morgan fingerprint density at radius 3 is 1.89 bits per heavy atom. The topological polar surface area (TPSA) is 58.9 Å². The minimum Gasteiger partial charge on any atom is -0.212 e. The molecule has 4 nitrogen and oxygen atoms in total. The van der Waals surface area contributed by atoms with E-state index in [2.05, 4.69) is 9.32 Å². The van der Waals surface area contributed by atoms with Gasteiger partial charge in [-0.3, -0.25) is 0 Å². The Morgan fingerprint density at radius 1 is 1.33 bits per heavy atom. The number of hydrogen-bond donors (Lipinski definition) is 0. The largest absolute Gasteiger partial charge is 0.422 e. The highest BCUT2D eigenvalue weighted by molar-refractivity contribution is 7.18. The van der Waals surface area contributed by atoms with Gasteiger partial charge in [0.05, 0.1) is 0 Å². The Labute approximate surface area is 57.1 Å². The molecule has 9 heavy (non-hydrogen) atoms. The molecule has 0 amide bonds. The Bertz CT molecular complexity index is 172. The zero-order valence-electron chi connectivity index (χ0n) is 4.59. The van der Waals surface area contributed by atoms with E-state index < -0.39 is 7.71 Å². The monoisotopic (exact) mass is 162 g/mol. The highest BCUT2D eigenvalue weighted by Crippen LogP contribution is 2.08. The summed E-state index contributed by atoms with van der Waals surface area (Å²) in [6.45, 7) is 1.41. The Hall–Kier alpha value is -0.733. The second-order valence-electron chi connectivity index (χ2n) is 1.31. The molecule has 0 saturated heterocycles. The summed E-state index contributed by atoms with van der Waals surface area (Å²) in [6, 6.07) is 0. The molecule has 0 aromatic heterocycles. The Kier molecular flexibility index (Phi) is 3.05. The van der Waals surface area contributed by atoms with Gasteiger partial charge in [0.1, 0.15) is 0 Å². The number of hydrogen-bond acceptors (Lipinski definition) is 4. The molecule has 0 aliphatic heterocycles. The summed E-state index contributed by atoms with van der Waals surface area (Å²) < 4.78 is 6.23. The van der Waals surface area contributed by atoms with Crippen molar-refractivity contribution in [3.8, 4) is 0 Å². The average Bonchev–Trinajstić information content (AvgIpc) is 1.64. The van der Waals surface area contributed by atoms with Crippen LogP contribution in [0.25, 0.3) is 0 Å². The van der Waals surface area contributed by atoms with E-state index >= 15 is 0 Å². The molecule has 6 heteroatoms. The minimum absolute atomic E-state index is 1.22. The van der Waals surface area contributed by atoms with Crippen molar-refractivity contribution >= 4 is 30.9 Å². The van der Waals surface area contributed by atoms with Gasteiger partial charge in [-0.1, -0.05) is 0 Å². The average molecular weight is 163 g/mol. The first-order valence-electron chi connectivity index (χ1n) is 1.99. The molecule has 0 unspecified atom stereocenters. The van der Waals surface area contributed by atoms with Crippen molar-refractivity contribution in [1.29, 1.82) is 0 Å². The second-order valence-corrected chi connectivity index (χ2v) is 5.72. The van der Waals surface area contributed by atoms with E-state index in [4.69, 9.17) is 11.1 Å². The molecule has 0 heterocycles. The van der Waals surface area contributed by atoms with E-state index in [0.717, 1.165) is 0 Å². The van der Waals surface area contributed by atoms with E-state index in [1.54, 1.807) is 0 Å². The number of rotatable bonds is 2. The summed E-state index contributed by atoms with van der Waals surface area (Å²) in [4.78, 5) is 19.1. The highest BCUT2D eigenvalue weighted by Gasteiger charge is 2.23. The molecule has 0 aromatic carbocycles. The maximum atomic E-state index is 9.56. The fraction of sp³-hybridized carbons (Fsp3) is 0.333. The number of carbonyl (C=O) groups excluding carboxylic acids is 2. The lowest BCUT2D eigenvalue weighted by Crippen LogP contribution is -2.15. The van der Waals surface area contributed by atoms with Gasteiger partial charge in [-0.05, 0) is 6.55 Å². The van der Waals surface area contributed by atoms with Gasteiger partial charge >= 0.3 is 7.71 Å². The Morgan fingerprint density at radius 2 is 1.67 bits per heavy atom. The molecule has 0 radical (unpaired) electrons. The molecule has 0 aliphatic rings. The number of halogens is 1. The van der Waals surface area contributed by atoms with Gasteiger partial charge in [-0.25, -0.2) is 18.9 Å². The summed E-state index contributed by atoms with van der Waals surface area (Å²) in [5, 5.41) is 0. The maximum Gasteiger partial charge on any atom is 0.422 e. The van der Waals surface area contributed by atoms with Gasteiger partial charge < -0.3 is 0 Å². The Balaban J connectivity index is 4.36. The lowest BCUT2D eigenvalue weighted by atomic mass is 11.7. The van der Waals surface area contributed by atoms with Crippen molar-refractivity contribution < 1.29 is 9.59 Å². The van der Waals surface area contributed by atoms with Crippen LogP contribution in [0.2, 0.25) is 6.55 Å². The quantitative estimate of drug-likeness (QED) is 0.257. The summed E-state index contributed by atoms with van der Waals surface area (Å²) >= 11 is 5.42. The number of isocyanates is 2. The van der Waals surface area contributed by atoms with Gasteiger partial charge in [0.15, 0.2) is 0 Å². The van der Waals surface area contributed by atoms with E-state index in [-0.39, 0.29) is 0 Å². The summed E-state index contributed by atoms with van der Waals surface area (Å²) in [5.41, 5.74) is 0. The van der Waals surface area contributed by atoms with Crippen molar-refractivity contribution in [2.75, 3.05) is 0 Å². The molecule has 48 valence electrons. The van der Waals surface area contributed by atoms with E-state index in [1.165, 1.54) is 18.7 Å². The van der Waals surface area contributed by atoms with Crippen molar-refractivity contribution in [3.63, 3.8) is 0 Å². The third kappa shape index (κ3) is 3.82. The standard InChI is InChI=1S/C3H3ClN2O2Si/c1-9(4,5-2-7)6-3-8/h1H3. The van der Waals surface area contributed by atoms with Crippen LogP contribution in [0.15, 0.2) is 9.32 Å². The molecule has 0 N–H and O–H groups in total. The molecule has 0 aliphatic carbocycles. The predicted molar refractivity (Wildman–Crippen MR) is 33.7 cm³/mol. The molecular weight excluding hydrogens is 160 g/mol. The summed E-state index contributed by atoms with van der Waals surface area (Å²) in [6.07, 6.45) is 2.45. The molecule has 0 fully saturated rings. The third-order valence-electron chi connectivity index (χ3n) is 0.499. The summed E-state index contributed by atoms with van der Waals surface area (Å²) in [7, 11) is -2.83. The zero-order valence-corrected chi connectivity index (χ0v) is 6.34. The van der Waals surface area contributed by atoms with Crippen LogP contribution in [0.4, 0.5) is 0 Å².